The van der Waals surface area contributed by atoms with Gasteiger partial charge in [-0.15, -0.1) is 0 Å². The molecule has 1 fully saturated rings. The van der Waals surface area contributed by atoms with Crippen LogP contribution in [0.15, 0.2) is 71.7 Å². The average Bonchev–Trinajstić information content (AvgIpc) is 2.85. The van der Waals surface area contributed by atoms with E-state index in [-0.39, 0.29) is 11.6 Å². The van der Waals surface area contributed by atoms with Crippen molar-refractivity contribution >= 4 is 16.6 Å². The van der Waals surface area contributed by atoms with Crippen molar-refractivity contribution < 1.29 is 0 Å². The minimum absolute atomic E-state index is 0.104. The molecule has 0 N–H and O–H groups in total. The Balaban J connectivity index is 1.35. The minimum Gasteiger partial charge on any atom is -0.354 e. The van der Waals surface area contributed by atoms with Crippen LogP contribution >= 0.6 is 0 Å². The fourth-order valence-electron chi connectivity index (χ4n) is 4.43. The van der Waals surface area contributed by atoms with Crippen LogP contribution in [0.3, 0.4) is 0 Å². The van der Waals surface area contributed by atoms with Crippen molar-refractivity contribution in [2.24, 2.45) is 0 Å². The monoisotopic (exact) mass is 440 g/mol. The standard InChI is InChI=1S/C26H28N6O/c1-19(32-26(33)23-11-7-6-10-22(23)17-27-32)24-16-25(29-20(2)28-24)31-14-12-30(13-15-31)18-21-8-4-3-5-9-21/h3-11,16-17,19H,12-15,18H2,1-2H3/t19-/m1/s1. The van der Waals surface area contributed by atoms with Crippen molar-refractivity contribution in [3.63, 3.8) is 0 Å². The highest BCUT2D eigenvalue weighted by Crippen LogP contribution is 2.21. The predicted molar refractivity (Wildman–Crippen MR) is 131 cm³/mol. The molecule has 7 nitrogen and oxygen atoms in total. The van der Waals surface area contributed by atoms with Crippen molar-refractivity contribution in [2.75, 3.05) is 31.1 Å². The Morgan fingerprint density at radius 1 is 0.939 bits per heavy atom. The highest BCUT2D eigenvalue weighted by molar-refractivity contribution is 5.80. The molecule has 3 heterocycles. The molecule has 0 bridgehead atoms. The fourth-order valence-corrected chi connectivity index (χ4v) is 4.43. The number of nitrogens with zero attached hydrogens (tertiary/aromatic N) is 6. The van der Waals surface area contributed by atoms with Gasteiger partial charge in [-0.2, -0.15) is 5.10 Å². The highest BCUT2D eigenvalue weighted by atomic mass is 16.1. The van der Waals surface area contributed by atoms with Crippen LogP contribution in [-0.2, 0) is 6.54 Å². The van der Waals surface area contributed by atoms with Crippen LogP contribution in [0.4, 0.5) is 5.82 Å². The Labute approximate surface area is 193 Å². The van der Waals surface area contributed by atoms with Gasteiger partial charge in [-0.3, -0.25) is 9.69 Å². The van der Waals surface area contributed by atoms with Crippen molar-refractivity contribution in [2.45, 2.75) is 26.4 Å². The second-order valence-electron chi connectivity index (χ2n) is 8.60. The maximum absolute atomic E-state index is 13.0. The molecule has 2 aromatic carbocycles. The number of hydrogen-bond donors (Lipinski definition) is 0. The van der Waals surface area contributed by atoms with Gasteiger partial charge >= 0.3 is 0 Å². The van der Waals surface area contributed by atoms with Gasteiger partial charge in [0.1, 0.15) is 11.6 Å². The van der Waals surface area contributed by atoms with E-state index >= 15 is 0 Å². The lowest BCUT2D eigenvalue weighted by Crippen LogP contribution is -2.46. The summed E-state index contributed by atoms with van der Waals surface area (Å²) in [5.41, 5.74) is 2.04. The van der Waals surface area contributed by atoms with Crippen LogP contribution in [0.2, 0.25) is 0 Å². The van der Waals surface area contributed by atoms with E-state index in [2.05, 4.69) is 50.2 Å². The molecule has 5 rings (SSSR count). The lowest BCUT2D eigenvalue weighted by molar-refractivity contribution is 0.249. The molecule has 168 valence electrons. The molecule has 0 aliphatic carbocycles. The van der Waals surface area contributed by atoms with Crippen molar-refractivity contribution in [1.29, 1.82) is 0 Å². The summed E-state index contributed by atoms with van der Waals surface area (Å²) in [7, 11) is 0. The molecule has 0 radical (unpaired) electrons. The molecule has 33 heavy (non-hydrogen) atoms. The average molecular weight is 441 g/mol. The van der Waals surface area contributed by atoms with Crippen LogP contribution in [0.5, 0.6) is 0 Å². The zero-order chi connectivity index (χ0) is 22.8. The number of fused-ring (bicyclic) bond motifs is 1. The highest BCUT2D eigenvalue weighted by Gasteiger charge is 2.21. The summed E-state index contributed by atoms with van der Waals surface area (Å²) in [6.45, 7) is 8.62. The molecule has 7 heteroatoms. The quantitative estimate of drug-likeness (QED) is 0.474. The van der Waals surface area contributed by atoms with Crippen LogP contribution in [0, 0.1) is 6.92 Å². The lowest BCUT2D eigenvalue weighted by atomic mass is 10.1. The van der Waals surface area contributed by atoms with Crippen molar-refractivity contribution in [1.82, 2.24) is 24.6 Å². The number of aryl methyl sites for hydroxylation is 1. The van der Waals surface area contributed by atoms with Crippen LogP contribution < -0.4 is 10.5 Å². The van der Waals surface area contributed by atoms with E-state index < -0.39 is 0 Å². The van der Waals surface area contributed by atoms with Gasteiger partial charge in [0, 0.05) is 44.2 Å². The number of piperazine rings is 1. The van der Waals surface area contributed by atoms with E-state index in [4.69, 9.17) is 4.98 Å². The largest absolute Gasteiger partial charge is 0.354 e. The van der Waals surface area contributed by atoms with Crippen LogP contribution in [0.1, 0.15) is 30.0 Å². The Morgan fingerprint density at radius 3 is 2.45 bits per heavy atom. The summed E-state index contributed by atoms with van der Waals surface area (Å²) >= 11 is 0. The van der Waals surface area contributed by atoms with Gasteiger partial charge in [-0.1, -0.05) is 48.5 Å². The summed E-state index contributed by atoms with van der Waals surface area (Å²) in [5, 5.41) is 5.94. The molecule has 0 spiro atoms. The van der Waals surface area contributed by atoms with Gasteiger partial charge in [0.25, 0.3) is 5.56 Å². The molecular formula is C26H28N6O. The Bertz CT molecular complexity index is 1310. The molecule has 0 unspecified atom stereocenters. The molecular weight excluding hydrogens is 412 g/mol. The Kier molecular flexibility index (Phi) is 5.88. The topological polar surface area (TPSA) is 67.2 Å². The first-order valence-corrected chi connectivity index (χ1v) is 11.4. The first-order chi connectivity index (χ1) is 16.1. The third-order valence-corrected chi connectivity index (χ3v) is 6.30. The normalized spacial score (nSPS) is 15.6. The van der Waals surface area contributed by atoms with Gasteiger partial charge < -0.3 is 4.90 Å². The fraction of sp³-hybridized carbons (Fsp3) is 0.308. The van der Waals surface area contributed by atoms with E-state index in [1.165, 1.54) is 10.2 Å². The second kappa shape index (κ2) is 9.11. The number of benzene rings is 2. The van der Waals surface area contributed by atoms with Crippen LogP contribution in [0.25, 0.3) is 10.8 Å². The van der Waals surface area contributed by atoms with Gasteiger partial charge in [0.2, 0.25) is 0 Å². The number of aromatic nitrogens is 4. The smallest absolute Gasteiger partial charge is 0.275 e. The Hall–Kier alpha value is -3.58. The molecule has 1 saturated heterocycles. The van der Waals surface area contributed by atoms with E-state index in [1.807, 2.05) is 44.2 Å². The number of rotatable bonds is 5. The summed E-state index contributed by atoms with van der Waals surface area (Å²) < 4.78 is 1.52. The number of anilines is 1. The molecule has 1 aliphatic heterocycles. The minimum atomic E-state index is -0.290. The third-order valence-electron chi connectivity index (χ3n) is 6.30. The first kappa shape index (κ1) is 21.3. The van der Waals surface area contributed by atoms with Gasteiger partial charge in [0.15, 0.2) is 0 Å². The van der Waals surface area contributed by atoms with E-state index in [1.54, 1.807) is 6.20 Å². The molecule has 1 aliphatic rings. The molecule has 4 aromatic rings. The summed E-state index contributed by atoms with van der Waals surface area (Å²) in [6, 6.07) is 19.8. The lowest BCUT2D eigenvalue weighted by Gasteiger charge is -2.35. The zero-order valence-electron chi connectivity index (χ0n) is 19.1. The Morgan fingerprint density at radius 2 is 1.67 bits per heavy atom. The van der Waals surface area contributed by atoms with Crippen molar-refractivity contribution in [3.8, 4) is 0 Å². The molecule has 0 amide bonds. The zero-order valence-corrected chi connectivity index (χ0v) is 19.1. The maximum atomic E-state index is 13.0. The maximum Gasteiger partial charge on any atom is 0.275 e. The van der Waals surface area contributed by atoms with Gasteiger partial charge in [0.05, 0.1) is 23.3 Å². The van der Waals surface area contributed by atoms with Crippen LogP contribution in [-0.4, -0.2) is 50.8 Å². The summed E-state index contributed by atoms with van der Waals surface area (Å²) in [6.07, 6.45) is 1.74. The molecule has 0 saturated carbocycles. The first-order valence-electron chi connectivity index (χ1n) is 11.4. The SMILES string of the molecule is Cc1nc([C@@H](C)n2ncc3ccccc3c2=O)cc(N2CCN(Cc3ccccc3)CC2)n1. The molecule has 1 atom stereocenters. The molecule has 2 aromatic heterocycles. The van der Waals surface area contributed by atoms with Gasteiger partial charge in [-0.05, 0) is 25.5 Å². The third kappa shape index (κ3) is 4.50. The second-order valence-corrected chi connectivity index (χ2v) is 8.60. The van der Waals surface area contributed by atoms with Gasteiger partial charge in [-0.25, -0.2) is 14.6 Å². The summed E-state index contributed by atoms with van der Waals surface area (Å²) in [4.78, 5) is 27.2. The predicted octanol–water partition coefficient (Wildman–Crippen LogP) is 3.43. The number of hydrogen-bond acceptors (Lipinski definition) is 6. The summed E-state index contributed by atoms with van der Waals surface area (Å²) in [5.74, 6) is 1.62. The van der Waals surface area contributed by atoms with E-state index in [0.717, 1.165) is 49.6 Å². The van der Waals surface area contributed by atoms with Crippen molar-refractivity contribution in [3.05, 3.63) is 94.3 Å². The van der Waals surface area contributed by atoms with E-state index in [0.29, 0.717) is 11.2 Å². The van der Waals surface area contributed by atoms with E-state index in [9.17, 15) is 4.79 Å².